The molecule has 5 heteroatoms. The molecule has 0 aromatic heterocycles. The van der Waals surface area contributed by atoms with Crippen molar-refractivity contribution in [2.75, 3.05) is 0 Å². The lowest BCUT2D eigenvalue weighted by Crippen LogP contribution is -2.35. The fraction of sp³-hybridized carbons (Fsp3) is 0.750. The maximum absolute atomic E-state index is 11.5. The molecule has 55 valence electrons. The van der Waals surface area contributed by atoms with Gasteiger partial charge in [0.1, 0.15) is 0 Å². The number of hydrogen-bond donors (Lipinski definition) is 0. The van der Waals surface area contributed by atoms with Crippen molar-refractivity contribution in [3.8, 4) is 0 Å². The largest absolute Gasteiger partial charge is 0.453 e. The van der Waals surface area contributed by atoms with Gasteiger partial charge in [0.2, 0.25) is 0 Å². The summed E-state index contributed by atoms with van der Waals surface area (Å²) in [5.41, 5.74) is 0. The van der Waals surface area contributed by atoms with E-state index in [0.29, 0.717) is 6.92 Å². The van der Waals surface area contributed by atoms with Gasteiger partial charge in [-0.3, -0.25) is 0 Å². The quantitative estimate of drug-likeness (QED) is 0.499. The predicted octanol–water partition coefficient (Wildman–Crippen LogP) is 2.41. The third-order valence-electron chi connectivity index (χ3n) is 0.741. The topological polar surface area (TPSA) is 0 Å². The smallest absolute Gasteiger partial charge is 0.196 e. The van der Waals surface area contributed by atoms with E-state index in [0.717, 1.165) is 0 Å². The molecule has 0 bridgehead atoms. The summed E-state index contributed by atoms with van der Waals surface area (Å²) in [6, 6.07) is 0. The molecular formula is C4H4F5. The minimum atomic E-state index is -5.44. The first-order valence-electron chi connectivity index (χ1n) is 2.06. The normalized spacial score (nSPS) is 14.0. The van der Waals surface area contributed by atoms with Gasteiger partial charge in [-0.05, 0) is 0 Å². The zero-order valence-electron chi connectivity index (χ0n) is 4.47. The zero-order chi connectivity index (χ0) is 7.71. The van der Waals surface area contributed by atoms with Gasteiger partial charge in [0.05, 0.1) is 0 Å². The molecule has 0 unspecified atom stereocenters. The lowest BCUT2D eigenvalue weighted by atomic mass is 10.2. The van der Waals surface area contributed by atoms with Crippen LogP contribution in [-0.2, 0) is 0 Å². The average molecular weight is 147 g/mol. The summed E-state index contributed by atoms with van der Waals surface area (Å²) < 4.78 is 56.1. The first-order chi connectivity index (χ1) is 3.81. The molecule has 9 heavy (non-hydrogen) atoms. The van der Waals surface area contributed by atoms with Gasteiger partial charge in [-0.2, -0.15) is 22.0 Å². The van der Waals surface area contributed by atoms with Crippen LogP contribution >= 0.6 is 0 Å². The van der Waals surface area contributed by atoms with Gasteiger partial charge < -0.3 is 0 Å². The Morgan fingerprint density at radius 2 is 1.33 bits per heavy atom. The van der Waals surface area contributed by atoms with E-state index in [2.05, 4.69) is 0 Å². The van der Waals surface area contributed by atoms with Gasteiger partial charge in [-0.15, -0.1) is 0 Å². The maximum atomic E-state index is 11.5. The van der Waals surface area contributed by atoms with Crippen molar-refractivity contribution in [2.45, 2.75) is 19.0 Å². The lowest BCUT2D eigenvalue weighted by Gasteiger charge is -2.16. The van der Waals surface area contributed by atoms with E-state index in [9.17, 15) is 22.0 Å². The lowest BCUT2D eigenvalue weighted by molar-refractivity contribution is -0.266. The standard InChI is InChI=1S/C4H4F5/c1-2-3(5,6)4(7,8)9/h2H,1H3. The van der Waals surface area contributed by atoms with Crippen LogP contribution in [0, 0.1) is 6.42 Å². The summed E-state index contributed by atoms with van der Waals surface area (Å²) in [5, 5.41) is 0. The van der Waals surface area contributed by atoms with Crippen LogP contribution in [0.1, 0.15) is 6.92 Å². The van der Waals surface area contributed by atoms with Crippen molar-refractivity contribution >= 4 is 0 Å². The summed E-state index contributed by atoms with van der Waals surface area (Å²) in [7, 11) is 0. The maximum Gasteiger partial charge on any atom is 0.453 e. The van der Waals surface area contributed by atoms with E-state index in [1.54, 1.807) is 0 Å². The van der Waals surface area contributed by atoms with Crippen LogP contribution in [-0.4, -0.2) is 12.1 Å². The van der Waals surface area contributed by atoms with Crippen molar-refractivity contribution < 1.29 is 22.0 Å². The van der Waals surface area contributed by atoms with Crippen LogP contribution in [0.25, 0.3) is 0 Å². The van der Waals surface area contributed by atoms with Crippen LogP contribution in [0.2, 0.25) is 0 Å². The molecule has 1 radical (unpaired) electrons. The molecule has 0 saturated heterocycles. The molecule has 0 fully saturated rings. The summed E-state index contributed by atoms with van der Waals surface area (Å²) in [6.07, 6.45) is -5.63. The minimum absolute atomic E-state index is 0.188. The fourth-order valence-electron chi connectivity index (χ4n) is 0.164. The van der Waals surface area contributed by atoms with E-state index in [1.807, 2.05) is 0 Å². The highest BCUT2D eigenvalue weighted by atomic mass is 19.4. The Morgan fingerprint density at radius 3 is 1.33 bits per heavy atom. The van der Waals surface area contributed by atoms with Crippen LogP contribution in [0.5, 0.6) is 0 Å². The predicted molar refractivity (Wildman–Crippen MR) is 21.0 cm³/mol. The van der Waals surface area contributed by atoms with Crippen molar-refractivity contribution in [1.29, 1.82) is 0 Å². The van der Waals surface area contributed by atoms with E-state index in [-0.39, 0.29) is 6.42 Å². The van der Waals surface area contributed by atoms with Crippen molar-refractivity contribution in [1.82, 2.24) is 0 Å². The molecule has 0 heterocycles. The monoisotopic (exact) mass is 147 g/mol. The molecule has 0 atom stereocenters. The zero-order valence-corrected chi connectivity index (χ0v) is 4.47. The van der Waals surface area contributed by atoms with Gasteiger partial charge in [-0.1, -0.05) is 6.92 Å². The Morgan fingerprint density at radius 1 is 1.00 bits per heavy atom. The molecule has 0 aliphatic carbocycles. The van der Waals surface area contributed by atoms with Gasteiger partial charge >= 0.3 is 12.1 Å². The highest BCUT2D eigenvalue weighted by Gasteiger charge is 2.55. The molecule has 0 aliphatic rings. The summed E-state index contributed by atoms with van der Waals surface area (Å²) >= 11 is 0. The van der Waals surface area contributed by atoms with E-state index < -0.39 is 12.1 Å². The summed E-state index contributed by atoms with van der Waals surface area (Å²) in [5.74, 6) is -4.65. The summed E-state index contributed by atoms with van der Waals surface area (Å²) in [4.78, 5) is 0. The van der Waals surface area contributed by atoms with Crippen molar-refractivity contribution in [3.63, 3.8) is 0 Å². The first-order valence-corrected chi connectivity index (χ1v) is 2.06. The number of halogens is 5. The summed E-state index contributed by atoms with van der Waals surface area (Å²) in [6.45, 7) is 0.660. The van der Waals surface area contributed by atoms with E-state index in [1.165, 1.54) is 0 Å². The molecule has 0 nitrogen and oxygen atoms in total. The molecule has 0 aromatic carbocycles. The van der Waals surface area contributed by atoms with Crippen LogP contribution in [0.3, 0.4) is 0 Å². The Labute approximate surface area is 48.7 Å². The van der Waals surface area contributed by atoms with Crippen LogP contribution < -0.4 is 0 Å². The number of alkyl halides is 5. The highest BCUT2D eigenvalue weighted by molar-refractivity contribution is 4.86. The van der Waals surface area contributed by atoms with Gasteiger partial charge in [0.25, 0.3) is 0 Å². The van der Waals surface area contributed by atoms with Gasteiger partial charge in [-0.25, -0.2) is 0 Å². The van der Waals surface area contributed by atoms with Crippen LogP contribution in [0.15, 0.2) is 0 Å². The van der Waals surface area contributed by atoms with Gasteiger partial charge in [0, 0.05) is 6.42 Å². The van der Waals surface area contributed by atoms with Crippen molar-refractivity contribution in [3.05, 3.63) is 6.42 Å². The second-order valence-electron chi connectivity index (χ2n) is 1.41. The Hall–Kier alpha value is -0.350. The Kier molecular flexibility index (Phi) is 2.03. The third kappa shape index (κ3) is 1.80. The molecule has 0 aromatic rings. The second kappa shape index (κ2) is 2.11. The first kappa shape index (κ1) is 8.65. The van der Waals surface area contributed by atoms with Crippen LogP contribution in [0.4, 0.5) is 22.0 Å². The number of rotatable bonds is 1. The Bertz CT molecular complexity index is 91.6. The fourth-order valence-corrected chi connectivity index (χ4v) is 0.164. The molecule has 0 aliphatic heterocycles. The molecule has 0 rings (SSSR count). The third-order valence-corrected chi connectivity index (χ3v) is 0.741. The van der Waals surface area contributed by atoms with E-state index in [4.69, 9.17) is 0 Å². The average Bonchev–Trinajstić information content (AvgIpc) is 1.64. The molecule has 0 N–H and O–H groups in total. The SMILES string of the molecule is C[CH]C(F)(F)C(F)(F)F. The minimum Gasteiger partial charge on any atom is -0.196 e. The number of hydrogen-bond acceptors (Lipinski definition) is 0. The Balaban J connectivity index is 4.14. The highest BCUT2D eigenvalue weighted by Crippen LogP contribution is 2.36. The van der Waals surface area contributed by atoms with Crippen molar-refractivity contribution in [2.24, 2.45) is 0 Å². The molecular weight excluding hydrogens is 143 g/mol. The molecule has 0 amide bonds. The second-order valence-corrected chi connectivity index (χ2v) is 1.41. The van der Waals surface area contributed by atoms with E-state index >= 15 is 0 Å². The molecule has 0 spiro atoms. The van der Waals surface area contributed by atoms with Gasteiger partial charge in [0.15, 0.2) is 0 Å². The molecule has 0 saturated carbocycles.